The molecule has 0 amide bonds. The zero-order chi connectivity index (χ0) is 37.6. The number of carboxylic acids is 1. The fraction of sp³-hybridized carbons (Fsp3) is 0.795. The summed E-state index contributed by atoms with van der Waals surface area (Å²) in [6, 6.07) is 0. The van der Waals surface area contributed by atoms with Crippen LogP contribution in [0.3, 0.4) is 0 Å². The van der Waals surface area contributed by atoms with Crippen molar-refractivity contribution in [1.29, 1.82) is 0 Å². The molecule has 4 heterocycles. The normalized spacial score (nSPS) is 46.4. The van der Waals surface area contributed by atoms with E-state index in [1.807, 2.05) is 13.8 Å². The second-order valence-corrected chi connectivity index (χ2v) is 17.4. The Morgan fingerprint density at radius 1 is 1.06 bits per heavy atom. The van der Waals surface area contributed by atoms with E-state index >= 15 is 0 Å². The summed E-state index contributed by atoms with van der Waals surface area (Å²) in [4.78, 5) is 28.5. The molecule has 294 valence electrons. The lowest BCUT2D eigenvalue weighted by molar-refractivity contribution is -0.340. The van der Waals surface area contributed by atoms with Gasteiger partial charge in [0.05, 0.1) is 36.9 Å². The van der Waals surface area contributed by atoms with Gasteiger partial charge in [-0.2, -0.15) is 0 Å². The average Bonchev–Trinajstić information content (AvgIpc) is 3.83. The Kier molecular flexibility index (Phi) is 9.67. The van der Waals surface area contributed by atoms with E-state index in [-0.39, 0.29) is 34.8 Å². The van der Waals surface area contributed by atoms with E-state index in [4.69, 9.17) is 23.7 Å². The van der Waals surface area contributed by atoms with E-state index in [1.54, 1.807) is 6.08 Å². The van der Waals surface area contributed by atoms with Gasteiger partial charge in [0.1, 0.15) is 31.0 Å². The maximum Gasteiger partial charge on any atom is 0.335 e. The Bertz CT molecular complexity index is 1570. The Balaban J connectivity index is 0.995. The number of rotatable bonds is 8. The minimum absolute atomic E-state index is 0.0200. The van der Waals surface area contributed by atoms with Crippen molar-refractivity contribution in [2.24, 2.45) is 46.3 Å². The van der Waals surface area contributed by atoms with E-state index < -0.39 is 79.1 Å². The van der Waals surface area contributed by atoms with Crippen LogP contribution < -0.4 is 0 Å². The molecular formula is C39H55NO13. The summed E-state index contributed by atoms with van der Waals surface area (Å²) in [5.74, 6) is -4.03. The maximum absolute atomic E-state index is 14.2. The molecule has 0 radical (unpaired) electrons. The number of carboxylic acid groups (broad SMARTS) is 1. The summed E-state index contributed by atoms with van der Waals surface area (Å²) < 4.78 is 30.0. The van der Waals surface area contributed by atoms with Crippen molar-refractivity contribution >= 4 is 11.9 Å². The molecule has 2 spiro atoms. The number of esters is 1. The Morgan fingerprint density at radius 3 is 2.53 bits per heavy atom. The number of ether oxygens (including phenoxy) is 5. The Morgan fingerprint density at radius 2 is 1.83 bits per heavy atom. The van der Waals surface area contributed by atoms with Gasteiger partial charge in [-0.05, 0) is 69.4 Å². The molecule has 4 fully saturated rings. The van der Waals surface area contributed by atoms with Crippen LogP contribution in [-0.4, -0.2) is 130 Å². The molecule has 1 saturated carbocycles. The summed E-state index contributed by atoms with van der Waals surface area (Å²) in [5, 5.41) is 63.7. The van der Waals surface area contributed by atoms with E-state index in [2.05, 4.69) is 11.9 Å². The van der Waals surface area contributed by atoms with Crippen LogP contribution >= 0.6 is 0 Å². The zero-order valence-electron chi connectivity index (χ0n) is 30.8. The minimum atomic E-state index is -1.71. The summed E-state index contributed by atoms with van der Waals surface area (Å²) >= 11 is 0. The first-order valence-corrected chi connectivity index (χ1v) is 19.4. The van der Waals surface area contributed by atoms with Crippen molar-refractivity contribution in [2.75, 3.05) is 40.0 Å². The zero-order valence-corrected chi connectivity index (χ0v) is 30.8. The molecule has 6 N–H and O–H groups in total. The van der Waals surface area contributed by atoms with Crippen LogP contribution in [0.15, 0.2) is 34.6 Å². The number of aliphatic hydroxyl groups excluding tert-OH is 4. The van der Waals surface area contributed by atoms with Crippen LogP contribution in [0.1, 0.15) is 65.2 Å². The number of carbonyl (C=O) groups excluding carboxylic acids is 1. The number of likely N-dealkylation sites (tertiary alicyclic amines) is 1. The largest absolute Gasteiger partial charge is 0.478 e. The van der Waals surface area contributed by atoms with Crippen molar-refractivity contribution in [1.82, 2.24) is 4.90 Å². The van der Waals surface area contributed by atoms with Crippen molar-refractivity contribution in [3.63, 3.8) is 0 Å². The number of allylic oxidation sites excluding steroid dienone is 2. The highest BCUT2D eigenvalue weighted by atomic mass is 16.8. The SMILES string of the molecule is CC(C)C1(O)CCC2(CO1)C1CCC3=C4C(CC3)C(C(=O)OCC3OC(OC5OC=C(C(=O)O)C6CC=C(CO)C56)C(O)C(O)C3O)CC42CN(C)C1. The average molecular weight is 746 g/mol. The number of fused-ring (bicyclic) bond motifs is 1. The van der Waals surface area contributed by atoms with Crippen molar-refractivity contribution < 1.29 is 63.9 Å². The number of carbonyl (C=O) groups is 2. The molecule has 4 aliphatic heterocycles. The molecule has 8 rings (SSSR count). The van der Waals surface area contributed by atoms with Crippen LogP contribution in [-0.2, 0) is 33.3 Å². The molecule has 4 aliphatic carbocycles. The van der Waals surface area contributed by atoms with Gasteiger partial charge < -0.3 is 59.2 Å². The topological polar surface area (TPSA) is 205 Å². The standard InChI is InChI=1S/C39H55NO13/c1-19(2)39(48)11-10-37(18-51-39)22-7-4-20-5-9-24-25(12-38(37,29(20)24)17-40(3)13-22)34(47)49-16-27-30(42)31(43)32(44)36(52-27)53-35-28-21(14-41)6-8-23(28)26(15-50-35)33(45)46/h6,15,19,22-25,27-28,30-32,35-36,41-44,48H,4-5,7-14,16-18H2,1-3H3,(H,45,46). The lowest BCUT2D eigenvalue weighted by Gasteiger charge is -2.62. The third kappa shape index (κ3) is 5.77. The highest BCUT2D eigenvalue weighted by Gasteiger charge is 2.69. The molecule has 14 unspecified atom stereocenters. The summed E-state index contributed by atoms with van der Waals surface area (Å²) in [6.07, 6.45) is 0.104. The van der Waals surface area contributed by atoms with Crippen molar-refractivity contribution in [2.45, 2.75) is 108 Å². The Hall–Kier alpha value is -2.40. The lowest BCUT2D eigenvalue weighted by atomic mass is 9.50. The quantitative estimate of drug-likeness (QED) is 0.154. The summed E-state index contributed by atoms with van der Waals surface area (Å²) in [7, 11) is 2.16. The van der Waals surface area contributed by atoms with Gasteiger partial charge in [0.15, 0.2) is 12.1 Å². The van der Waals surface area contributed by atoms with E-state index in [0.717, 1.165) is 51.5 Å². The van der Waals surface area contributed by atoms with E-state index in [1.165, 1.54) is 11.1 Å². The van der Waals surface area contributed by atoms with E-state index in [9.17, 15) is 40.2 Å². The predicted octanol–water partition coefficient (Wildman–Crippen LogP) is 1.44. The number of piperidine rings is 1. The predicted molar refractivity (Wildman–Crippen MR) is 184 cm³/mol. The smallest absolute Gasteiger partial charge is 0.335 e. The van der Waals surface area contributed by atoms with Crippen LogP contribution in [0.4, 0.5) is 0 Å². The van der Waals surface area contributed by atoms with Gasteiger partial charge in [-0.1, -0.05) is 31.1 Å². The third-order valence-corrected chi connectivity index (χ3v) is 14.7. The molecule has 14 heteroatoms. The molecular weight excluding hydrogens is 690 g/mol. The Labute approximate surface area is 309 Å². The fourth-order valence-corrected chi connectivity index (χ4v) is 11.9. The second kappa shape index (κ2) is 13.7. The molecule has 14 nitrogen and oxygen atoms in total. The van der Waals surface area contributed by atoms with Gasteiger partial charge in [0, 0.05) is 42.2 Å². The molecule has 8 aliphatic rings. The highest BCUT2D eigenvalue weighted by Crippen LogP contribution is 2.72. The van der Waals surface area contributed by atoms with Crippen molar-refractivity contribution in [3.05, 3.63) is 34.6 Å². The summed E-state index contributed by atoms with van der Waals surface area (Å²) in [5.41, 5.74) is 2.91. The van der Waals surface area contributed by atoms with Gasteiger partial charge in [-0.25, -0.2) is 4.79 Å². The molecule has 2 bridgehead atoms. The van der Waals surface area contributed by atoms with Gasteiger partial charge >= 0.3 is 11.9 Å². The number of aliphatic hydroxyl groups is 5. The number of hydrogen-bond acceptors (Lipinski definition) is 13. The number of aliphatic carboxylic acids is 1. The molecule has 53 heavy (non-hydrogen) atoms. The van der Waals surface area contributed by atoms with Crippen LogP contribution in [0.2, 0.25) is 0 Å². The van der Waals surface area contributed by atoms with Crippen LogP contribution in [0.25, 0.3) is 0 Å². The minimum Gasteiger partial charge on any atom is -0.478 e. The van der Waals surface area contributed by atoms with E-state index in [0.29, 0.717) is 37.4 Å². The number of nitrogens with zero attached hydrogens (tertiary/aromatic N) is 1. The van der Waals surface area contributed by atoms with Gasteiger partial charge in [0.2, 0.25) is 6.29 Å². The van der Waals surface area contributed by atoms with Gasteiger partial charge in [-0.15, -0.1) is 0 Å². The first kappa shape index (κ1) is 37.5. The fourth-order valence-electron chi connectivity index (χ4n) is 11.9. The maximum atomic E-state index is 14.2. The molecule has 0 aromatic heterocycles. The first-order valence-electron chi connectivity index (χ1n) is 19.4. The highest BCUT2D eigenvalue weighted by molar-refractivity contribution is 5.87. The number of hydrogen-bond donors (Lipinski definition) is 6. The molecule has 14 atom stereocenters. The first-order chi connectivity index (χ1) is 25.2. The second-order valence-electron chi connectivity index (χ2n) is 17.4. The molecule has 0 aromatic rings. The summed E-state index contributed by atoms with van der Waals surface area (Å²) in [6.45, 7) is 5.43. The van der Waals surface area contributed by atoms with Gasteiger partial charge in [0.25, 0.3) is 0 Å². The van der Waals surface area contributed by atoms with Crippen LogP contribution in [0.5, 0.6) is 0 Å². The third-order valence-electron chi connectivity index (χ3n) is 14.7. The van der Waals surface area contributed by atoms with Crippen molar-refractivity contribution in [3.8, 4) is 0 Å². The lowest BCUT2D eigenvalue weighted by Crippen LogP contribution is -2.64. The molecule has 3 saturated heterocycles. The van der Waals surface area contributed by atoms with Crippen LogP contribution in [0, 0.1) is 46.3 Å². The van der Waals surface area contributed by atoms with Gasteiger partial charge in [-0.3, -0.25) is 4.79 Å². The molecule has 0 aromatic carbocycles. The monoisotopic (exact) mass is 745 g/mol.